The van der Waals surface area contributed by atoms with E-state index in [1.165, 1.54) is 6.20 Å². The third-order valence-corrected chi connectivity index (χ3v) is 6.17. The summed E-state index contributed by atoms with van der Waals surface area (Å²) in [7, 11) is -3.55. The highest BCUT2D eigenvalue weighted by atomic mass is 32.2. The molecule has 0 unspecified atom stereocenters. The molecule has 0 fully saturated rings. The van der Waals surface area contributed by atoms with Crippen LogP contribution in [0.3, 0.4) is 0 Å². The lowest BCUT2D eigenvalue weighted by Crippen LogP contribution is -2.30. The van der Waals surface area contributed by atoms with Crippen molar-refractivity contribution in [3.63, 3.8) is 0 Å². The second-order valence-electron chi connectivity index (χ2n) is 7.34. The molecule has 8 heteroatoms. The van der Waals surface area contributed by atoms with Gasteiger partial charge in [0.1, 0.15) is 0 Å². The van der Waals surface area contributed by atoms with Gasteiger partial charge in [-0.1, -0.05) is 47.9 Å². The molecule has 0 radical (unpaired) electrons. The summed E-state index contributed by atoms with van der Waals surface area (Å²) in [5, 5.41) is 4.39. The molecule has 160 valence electrons. The van der Waals surface area contributed by atoms with E-state index >= 15 is 0 Å². The minimum atomic E-state index is -3.55. The number of nitrogens with zero attached hydrogens (tertiary/aromatic N) is 4. The Hall–Kier alpha value is -3.96. The van der Waals surface area contributed by atoms with Crippen LogP contribution in [0.5, 0.6) is 0 Å². The Morgan fingerprint density at radius 3 is 2.59 bits per heavy atom. The summed E-state index contributed by atoms with van der Waals surface area (Å²) in [6.07, 6.45) is 9.57. The fourth-order valence-electron chi connectivity index (χ4n) is 3.43. The number of aryl methyl sites for hydroxylation is 1. The zero-order chi connectivity index (χ0) is 22.9. The number of benzene rings is 2. The van der Waals surface area contributed by atoms with E-state index in [9.17, 15) is 13.2 Å². The maximum Gasteiger partial charge on any atom is 0.233 e. The predicted octanol–water partition coefficient (Wildman–Crippen LogP) is 3.33. The minimum Gasteiger partial charge on any atom is -0.288 e. The van der Waals surface area contributed by atoms with E-state index < -0.39 is 10.0 Å². The number of hydrogen-bond donors (Lipinski definition) is 0. The molecule has 2 aromatic carbocycles. The fourth-order valence-corrected chi connectivity index (χ4v) is 4.24. The molecule has 0 bridgehead atoms. The molecule has 0 saturated heterocycles. The van der Waals surface area contributed by atoms with Crippen molar-refractivity contribution in [2.75, 3.05) is 17.1 Å². The Morgan fingerprint density at radius 2 is 1.91 bits per heavy atom. The quantitative estimate of drug-likeness (QED) is 0.336. The van der Waals surface area contributed by atoms with Gasteiger partial charge in [-0.3, -0.25) is 9.10 Å². The van der Waals surface area contributed by atoms with E-state index in [2.05, 4.69) is 16.0 Å². The Kier molecular flexibility index (Phi) is 5.51. The molecule has 0 aliphatic heterocycles. The lowest BCUT2D eigenvalue weighted by atomic mass is 10.0. The van der Waals surface area contributed by atoms with Crippen LogP contribution in [-0.2, 0) is 10.0 Å². The molecule has 0 saturated carbocycles. The third-order valence-electron chi connectivity index (χ3n) is 5.02. The smallest absolute Gasteiger partial charge is 0.233 e. The molecule has 2 aromatic heterocycles. The Balaban J connectivity index is 1.80. The lowest BCUT2D eigenvalue weighted by Gasteiger charge is -2.20. The number of carbonyl (C=O) groups is 1. The number of anilines is 1. The van der Waals surface area contributed by atoms with E-state index in [1.54, 1.807) is 47.1 Å². The largest absolute Gasteiger partial charge is 0.288 e. The summed E-state index contributed by atoms with van der Waals surface area (Å²) in [4.78, 5) is 17.4. The molecule has 4 rings (SSSR count). The first-order valence-electron chi connectivity index (χ1n) is 9.75. The van der Waals surface area contributed by atoms with Gasteiger partial charge in [0.05, 0.1) is 35.9 Å². The molecular weight excluding hydrogens is 424 g/mol. The highest BCUT2D eigenvalue weighted by Gasteiger charge is 2.20. The zero-order valence-corrected chi connectivity index (χ0v) is 18.4. The topological polar surface area (TPSA) is 84.6 Å². The lowest BCUT2D eigenvalue weighted by molar-refractivity contribution is 0.104. The molecule has 2 heterocycles. The summed E-state index contributed by atoms with van der Waals surface area (Å²) in [6, 6.07) is 16.0. The van der Waals surface area contributed by atoms with Crippen molar-refractivity contribution >= 4 is 27.1 Å². The highest BCUT2D eigenvalue weighted by molar-refractivity contribution is 7.92. The first-order chi connectivity index (χ1) is 15.3. The van der Waals surface area contributed by atoms with Crippen LogP contribution in [0.15, 0.2) is 67.0 Å². The molecular formula is C24H20N4O3S. The van der Waals surface area contributed by atoms with Gasteiger partial charge in [0.2, 0.25) is 10.0 Å². The molecule has 0 N–H and O–H groups in total. The van der Waals surface area contributed by atoms with Crippen molar-refractivity contribution in [2.45, 2.75) is 6.92 Å². The molecule has 0 aliphatic carbocycles. The van der Waals surface area contributed by atoms with Crippen LogP contribution in [0.4, 0.5) is 5.69 Å². The normalized spacial score (nSPS) is 11.3. The molecule has 0 aliphatic rings. The number of rotatable bonds is 6. The molecule has 7 nitrogen and oxygen atoms in total. The van der Waals surface area contributed by atoms with Gasteiger partial charge in [0.25, 0.3) is 0 Å². The van der Waals surface area contributed by atoms with E-state index in [4.69, 9.17) is 6.42 Å². The second-order valence-corrected chi connectivity index (χ2v) is 9.25. The molecule has 32 heavy (non-hydrogen) atoms. The summed E-state index contributed by atoms with van der Waals surface area (Å²) in [5.74, 6) is 2.21. The van der Waals surface area contributed by atoms with E-state index in [1.807, 2.05) is 25.1 Å². The monoisotopic (exact) mass is 444 g/mol. The third kappa shape index (κ3) is 3.98. The second kappa shape index (κ2) is 8.29. The highest BCUT2D eigenvalue weighted by Crippen LogP contribution is 2.27. The molecule has 0 atom stereocenters. The molecule has 0 spiro atoms. The molecule has 0 amide bonds. The van der Waals surface area contributed by atoms with Crippen molar-refractivity contribution in [3.8, 4) is 23.6 Å². The fraction of sp³-hybridized carbons (Fsp3) is 0.125. The van der Waals surface area contributed by atoms with Crippen LogP contribution in [0.25, 0.3) is 16.9 Å². The van der Waals surface area contributed by atoms with Crippen LogP contribution in [0.1, 0.15) is 21.5 Å². The van der Waals surface area contributed by atoms with Gasteiger partial charge < -0.3 is 0 Å². The number of aromatic nitrogens is 3. The number of carbonyl (C=O) groups excluding carboxylic acids is 1. The van der Waals surface area contributed by atoms with Gasteiger partial charge in [0, 0.05) is 17.3 Å². The van der Waals surface area contributed by atoms with Gasteiger partial charge in [-0.05, 0) is 25.1 Å². The maximum atomic E-state index is 13.0. The van der Waals surface area contributed by atoms with E-state index in [-0.39, 0.29) is 12.3 Å². The van der Waals surface area contributed by atoms with Gasteiger partial charge >= 0.3 is 0 Å². The Morgan fingerprint density at radius 1 is 1.16 bits per heavy atom. The van der Waals surface area contributed by atoms with Crippen LogP contribution in [0, 0.1) is 19.3 Å². The van der Waals surface area contributed by atoms with Crippen LogP contribution in [0.2, 0.25) is 0 Å². The number of ketones is 1. The Bertz CT molecular complexity index is 1470. The SMILES string of the molecule is C#CCN(c1cccc(-c2ccnc3c(C(=O)c4ccc(C)cc4)cnn23)c1)S(C)(=O)=O. The van der Waals surface area contributed by atoms with E-state index in [0.717, 1.165) is 16.1 Å². The summed E-state index contributed by atoms with van der Waals surface area (Å²) in [6.45, 7) is 1.88. The number of sulfonamides is 1. The standard InChI is InChI=1S/C24H20N4O3S/c1-4-14-27(32(3,30)31)20-7-5-6-19(15-20)22-12-13-25-24-21(16-26-28(22)24)23(29)18-10-8-17(2)9-11-18/h1,5-13,15-16H,14H2,2-3H3. The van der Waals surface area contributed by atoms with Gasteiger partial charge in [0.15, 0.2) is 11.4 Å². The minimum absolute atomic E-state index is 0.0784. The van der Waals surface area contributed by atoms with Crippen molar-refractivity contribution < 1.29 is 13.2 Å². The first-order valence-corrected chi connectivity index (χ1v) is 11.6. The number of fused-ring (bicyclic) bond motifs is 1. The zero-order valence-electron chi connectivity index (χ0n) is 17.6. The number of terminal acetylenes is 1. The maximum absolute atomic E-state index is 13.0. The number of hydrogen-bond acceptors (Lipinski definition) is 5. The summed E-state index contributed by atoms with van der Waals surface area (Å²) < 4.78 is 27.1. The molecule has 4 aromatic rings. The average molecular weight is 445 g/mol. The average Bonchev–Trinajstić information content (AvgIpc) is 3.21. The van der Waals surface area contributed by atoms with Crippen LogP contribution >= 0.6 is 0 Å². The van der Waals surface area contributed by atoms with Gasteiger partial charge in [-0.25, -0.2) is 17.9 Å². The summed E-state index contributed by atoms with van der Waals surface area (Å²) >= 11 is 0. The van der Waals surface area contributed by atoms with Crippen molar-refractivity contribution in [2.24, 2.45) is 0 Å². The van der Waals surface area contributed by atoms with Crippen molar-refractivity contribution in [1.29, 1.82) is 0 Å². The van der Waals surface area contributed by atoms with Gasteiger partial charge in [-0.2, -0.15) is 5.10 Å². The van der Waals surface area contributed by atoms with Gasteiger partial charge in [-0.15, -0.1) is 6.42 Å². The van der Waals surface area contributed by atoms with Crippen LogP contribution < -0.4 is 4.31 Å². The summed E-state index contributed by atoms with van der Waals surface area (Å²) in [5.41, 5.74) is 4.23. The Labute approximate surface area is 186 Å². The first kappa shape index (κ1) is 21.3. The predicted molar refractivity (Wildman–Crippen MR) is 124 cm³/mol. The van der Waals surface area contributed by atoms with E-state index in [0.29, 0.717) is 33.7 Å². The van der Waals surface area contributed by atoms with Crippen molar-refractivity contribution in [3.05, 3.63) is 83.7 Å². The van der Waals surface area contributed by atoms with Crippen LogP contribution in [-0.4, -0.2) is 41.6 Å². The van der Waals surface area contributed by atoms with Crippen molar-refractivity contribution in [1.82, 2.24) is 14.6 Å².